The average Bonchev–Trinajstić information content (AvgIpc) is 2.66. The van der Waals surface area contributed by atoms with Gasteiger partial charge in [-0.15, -0.1) is 11.3 Å². The monoisotopic (exact) mass is 381 g/mol. The van der Waals surface area contributed by atoms with Crippen LogP contribution in [0.1, 0.15) is 24.1 Å². The Bertz CT molecular complexity index is 588. The minimum atomic E-state index is -0.297. The number of nitrogens with one attached hydrogen (secondary N) is 1. The van der Waals surface area contributed by atoms with Gasteiger partial charge in [0, 0.05) is 15.6 Å². The molecular weight excluding hydrogens is 372 g/mol. The van der Waals surface area contributed by atoms with Crippen LogP contribution in [-0.2, 0) is 0 Å². The second-order valence-corrected chi connectivity index (χ2v) is 7.14. The van der Waals surface area contributed by atoms with Crippen LogP contribution in [0.4, 0.5) is 4.39 Å². The quantitative estimate of drug-likeness (QED) is 0.719. The molecule has 102 valence electrons. The Balaban J connectivity index is 2.48. The molecule has 1 heterocycles. The summed E-state index contributed by atoms with van der Waals surface area (Å²) in [5.41, 5.74) is 1.36. The summed E-state index contributed by atoms with van der Waals surface area (Å²) in [7, 11) is 0. The zero-order valence-corrected chi connectivity index (χ0v) is 13.9. The van der Waals surface area contributed by atoms with E-state index in [-0.39, 0.29) is 11.9 Å². The summed E-state index contributed by atoms with van der Waals surface area (Å²) in [6.45, 7) is 2.66. The van der Waals surface area contributed by atoms with Crippen LogP contribution in [0.5, 0.6) is 0 Å². The van der Waals surface area contributed by atoms with E-state index < -0.39 is 0 Å². The molecule has 1 N–H and O–H groups in total. The molecule has 2 rings (SSSR count). The van der Waals surface area contributed by atoms with Crippen molar-refractivity contribution >= 4 is 50.5 Å². The van der Waals surface area contributed by atoms with Crippen molar-refractivity contribution < 1.29 is 4.39 Å². The van der Waals surface area contributed by atoms with Gasteiger partial charge in [-0.2, -0.15) is 0 Å². The maximum atomic E-state index is 14.1. The average molecular weight is 383 g/mol. The van der Waals surface area contributed by atoms with E-state index in [0.29, 0.717) is 25.3 Å². The third-order valence-corrected chi connectivity index (χ3v) is 4.69. The SMILES string of the molecule is CCNC(c1ccc(Br)cc1F)c1cc(Cl)sc1Cl. The van der Waals surface area contributed by atoms with Crippen LogP contribution in [0, 0.1) is 5.82 Å². The largest absolute Gasteiger partial charge is 0.306 e. The first-order valence-electron chi connectivity index (χ1n) is 5.66. The van der Waals surface area contributed by atoms with E-state index in [2.05, 4.69) is 21.2 Å². The Morgan fingerprint density at radius 2 is 2.05 bits per heavy atom. The fourth-order valence-corrected chi connectivity index (χ4v) is 3.74. The van der Waals surface area contributed by atoms with Crippen molar-refractivity contribution in [1.82, 2.24) is 5.32 Å². The molecule has 0 aliphatic rings. The first kappa shape index (κ1) is 15.3. The fourth-order valence-electron chi connectivity index (χ4n) is 1.88. The van der Waals surface area contributed by atoms with E-state index >= 15 is 0 Å². The lowest BCUT2D eigenvalue weighted by atomic mass is 10.0. The summed E-state index contributed by atoms with van der Waals surface area (Å²) in [5, 5.41) is 3.24. The van der Waals surface area contributed by atoms with Crippen LogP contribution >= 0.6 is 50.5 Å². The Morgan fingerprint density at radius 1 is 1.32 bits per heavy atom. The molecule has 0 bridgehead atoms. The second kappa shape index (κ2) is 6.55. The normalized spacial score (nSPS) is 12.7. The summed E-state index contributed by atoms with van der Waals surface area (Å²) in [5.74, 6) is -0.279. The molecule has 0 spiro atoms. The van der Waals surface area contributed by atoms with E-state index in [4.69, 9.17) is 23.2 Å². The molecule has 0 saturated carbocycles. The van der Waals surface area contributed by atoms with Crippen LogP contribution in [0.25, 0.3) is 0 Å². The lowest BCUT2D eigenvalue weighted by Gasteiger charge is -2.19. The second-order valence-electron chi connectivity index (χ2n) is 3.94. The predicted molar refractivity (Wildman–Crippen MR) is 84.0 cm³/mol. The van der Waals surface area contributed by atoms with Gasteiger partial charge in [-0.1, -0.05) is 52.1 Å². The number of rotatable bonds is 4. The van der Waals surface area contributed by atoms with Crippen LogP contribution in [-0.4, -0.2) is 6.54 Å². The molecule has 0 aliphatic carbocycles. The molecule has 1 atom stereocenters. The summed E-state index contributed by atoms with van der Waals surface area (Å²) >= 11 is 16.7. The molecule has 2 aromatic rings. The standard InChI is InChI=1S/C13H11BrCl2FNS/c1-2-18-12(9-6-11(15)19-13(9)16)8-4-3-7(14)5-10(8)17/h3-6,12,18H,2H2,1H3. The molecule has 1 nitrogen and oxygen atoms in total. The van der Waals surface area contributed by atoms with Crippen molar-refractivity contribution in [3.63, 3.8) is 0 Å². The van der Waals surface area contributed by atoms with Crippen molar-refractivity contribution in [2.75, 3.05) is 6.54 Å². The smallest absolute Gasteiger partial charge is 0.129 e. The Hall–Kier alpha value is -0.130. The van der Waals surface area contributed by atoms with Gasteiger partial charge in [-0.25, -0.2) is 4.39 Å². The zero-order valence-electron chi connectivity index (χ0n) is 10.0. The number of hydrogen-bond donors (Lipinski definition) is 1. The molecule has 0 aliphatic heterocycles. The summed E-state index contributed by atoms with van der Waals surface area (Å²) < 4.78 is 16.0. The van der Waals surface area contributed by atoms with Gasteiger partial charge in [-0.3, -0.25) is 0 Å². The highest BCUT2D eigenvalue weighted by molar-refractivity contribution is 9.10. The van der Waals surface area contributed by atoms with Crippen LogP contribution in [0.2, 0.25) is 8.67 Å². The highest BCUT2D eigenvalue weighted by Crippen LogP contribution is 2.38. The summed E-state index contributed by atoms with van der Waals surface area (Å²) in [6.07, 6.45) is 0. The Morgan fingerprint density at radius 3 is 2.58 bits per heavy atom. The van der Waals surface area contributed by atoms with Gasteiger partial charge < -0.3 is 5.32 Å². The minimum absolute atomic E-state index is 0.279. The van der Waals surface area contributed by atoms with E-state index in [0.717, 1.165) is 5.56 Å². The Labute approximate surface area is 133 Å². The molecule has 1 aromatic heterocycles. The van der Waals surface area contributed by atoms with Gasteiger partial charge in [0.05, 0.1) is 14.7 Å². The van der Waals surface area contributed by atoms with E-state index in [9.17, 15) is 4.39 Å². The fraction of sp³-hybridized carbons (Fsp3) is 0.231. The molecule has 19 heavy (non-hydrogen) atoms. The van der Waals surface area contributed by atoms with Gasteiger partial charge in [0.15, 0.2) is 0 Å². The number of hydrogen-bond acceptors (Lipinski definition) is 2. The van der Waals surface area contributed by atoms with Gasteiger partial charge in [-0.05, 0) is 24.7 Å². The predicted octanol–water partition coefficient (Wildman–Crippen LogP) is 5.66. The van der Waals surface area contributed by atoms with Gasteiger partial charge in [0.1, 0.15) is 5.82 Å². The Kier molecular flexibility index (Phi) is 5.26. The van der Waals surface area contributed by atoms with Crippen molar-refractivity contribution in [2.24, 2.45) is 0 Å². The molecular formula is C13H11BrCl2FNS. The van der Waals surface area contributed by atoms with E-state index in [1.165, 1.54) is 17.4 Å². The molecule has 0 amide bonds. The van der Waals surface area contributed by atoms with Crippen molar-refractivity contribution in [1.29, 1.82) is 0 Å². The minimum Gasteiger partial charge on any atom is -0.306 e. The molecule has 6 heteroatoms. The van der Waals surface area contributed by atoms with Crippen molar-refractivity contribution in [2.45, 2.75) is 13.0 Å². The number of benzene rings is 1. The highest BCUT2D eigenvalue weighted by atomic mass is 79.9. The van der Waals surface area contributed by atoms with Gasteiger partial charge >= 0.3 is 0 Å². The van der Waals surface area contributed by atoms with Crippen LogP contribution in [0.15, 0.2) is 28.7 Å². The van der Waals surface area contributed by atoms with Gasteiger partial charge in [0.2, 0.25) is 0 Å². The number of halogens is 4. The van der Waals surface area contributed by atoms with Crippen LogP contribution < -0.4 is 5.32 Å². The third kappa shape index (κ3) is 3.50. The first-order chi connectivity index (χ1) is 9.02. The molecule has 0 radical (unpaired) electrons. The van der Waals surface area contributed by atoms with E-state index in [1.807, 2.05) is 13.0 Å². The summed E-state index contributed by atoms with van der Waals surface area (Å²) in [4.78, 5) is 0. The molecule has 0 saturated heterocycles. The first-order valence-corrected chi connectivity index (χ1v) is 8.02. The molecule has 1 unspecified atom stereocenters. The van der Waals surface area contributed by atoms with Crippen molar-refractivity contribution in [3.05, 3.63) is 54.4 Å². The molecule has 0 fully saturated rings. The maximum absolute atomic E-state index is 14.1. The maximum Gasteiger partial charge on any atom is 0.129 e. The molecule has 1 aromatic carbocycles. The van der Waals surface area contributed by atoms with Crippen molar-refractivity contribution in [3.8, 4) is 0 Å². The van der Waals surface area contributed by atoms with Crippen LogP contribution in [0.3, 0.4) is 0 Å². The topological polar surface area (TPSA) is 12.0 Å². The zero-order chi connectivity index (χ0) is 14.0. The lowest BCUT2D eigenvalue weighted by molar-refractivity contribution is 0.559. The lowest BCUT2D eigenvalue weighted by Crippen LogP contribution is -2.22. The van der Waals surface area contributed by atoms with Gasteiger partial charge in [0.25, 0.3) is 0 Å². The summed E-state index contributed by atoms with van der Waals surface area (Å²) in [6, 6.07) is 6.49. The number of thiophene rings is 1. The highest BCUT2D eigenvalue weighted by Gasteiger charge is 2.21. The van der Waals surface area contributed by atoms with E-state index in [1.54, 1.807) is 12.1 Å². The third-order valence-electron chi connectivity index (χ3n) is 2.68.